The molecule has 0 aromatic heterocycles. The van der Waals surface area contributed by atoms with Crippen molar-refractivity contribution in [3.63, 3.8) is 0 Å². The molecule has 0 unspecified atom stereocenters. The fraction of sp³-hybridized carbons (Fsp3) is 0.100. The molecule has 0 bridgehead atoms. The first-order valence-corrected chi connectivity index (χ1v) is 4.22. The van der Waals surface area contributed by atoms with Gasteiger partial charge in [-0.3, -0.25) is 10.1 Å². The minimum atomic E-state index is -0.968. The van der Waals surface area contributed by atoms with Crippen LogP contribution in [0.2, 0.25) is 0 Å². The minimum Gasteiger partial charge on any atom is -0.502 e. The molecule has 0 saturated heterocycles. The number of hydrogen-bond acceptors (Lipinski definition) is 5. The number of aromatic hydroxyl groups is 1. The molecule has 1 rings (SSSR count). The van der Waals surface area contributed by atoms with E-state index in [2.05, 4.69) is 10.7 Å². The number of ether oxygens (including phenoxy) is 1. The van der Waals surface area contributed by atoms with Gasteiger partial charge in [-0.1, -0.05) is 5.92 Å². The van der Waals surface area contributed by atoms with E-state index in [4.69, 9.17) is 5.11 Å². The van der Waals surface area contributed by atoms with Gasteiger partial charge in [0.15, 0.2) is 5.75 Å². The van der Waals surface area contributed by atoms with Gasteiger partial charge in [0.2, 0.25) is 0 Å². The zero-order valence-electron chi connectivity index (χ0n) is 8.56. The molecule has 6 nitrogen and oxygen atoms in total. The number of carbonyl (C=O) groups is 1. The molecule has 1 aromatic rings. The summed E-state index contributed by atoms with van der Waals surface area (Å²) in [5.74, 6) is 1.31. The molecule has 0 aliphatic heterocycles. The summed E-state index contributed by atoms with van der Waals surface area (Å²) in [5.41, 5.74) is -1.07. The Balaban J connectivity index is 3.24. The minimum absolute atomic E-state index is 0.375. The maximum absolute atomic E-state index is 13.2. The van der Waals surface area contributed by atoms with E-state index in [1.54, 1.807) is 0 Å². The fourth-order valence-corrected chi connectivity index (χ4v) is 0.963. The zero-order chi connectivity index (χ0) is 13.0. The van der Waals surface area contributed by atoms with Gasteiger partial charge in [0, 0.05) is 18.1 Å². The highest BCUT2D eigenvalue weighted by Gasteiger charge is 2.16. The summed E-state index contributed by atoms with van der Waals surface area (Å²) in [6.45, 7) is 0. The smallest absolute Gasteiger partial charge is 0.384 e. The Morgan fingerprint density at radius 3 is 2.76 bits per heavy atom. The first-order chi connectivity index (χ1) is 7.95. The second-order valence-corrected chi connectivity index (χ2v) is 2.82. The molecule has 17 heavy (non-hydrogen) atoms. The summed E-state index contributed by atoms with van der Waals surface area (Å²) in [7, 11) is 1.09. The van der Waals surface area contributed by atoms with Gasteiger partial charge in [0.25, 0.3) is 0 Å². The standard InChI is InChI=1S/C10H6FNO5/c1-17-10(14)3-2-6-4-8(12(15)16)9(13)5-7(6)11/h4-5,13H,1H3. The molecule has 7 heteroatoms. The highest BCUT2D eigenvalue weighted by molar-refractivity contribution is 5.89. The van der Waals surface area contributed by atoms with Crippen molar-refractivity contribution in [1.82, 2.24) is 0 Å². The van der Waals surface area contributed by atoms with E-state index in [1.807, 2.05) is 5.92 Å². The molecule has 0 aliphatic rings. The number of nitro groups is 1. The van der Waals surface area contributed by atoms with Crippen LogP contribution in [-0.2, 0) is 9.53 Å². The number of nitrogens with zero attached hydrogens (tertiary/aromatic N) is 1. The first-order valence-electron chi connectivity index (χ1n) is 4.22. The number of methoxy groups -OCH3 is 1. The predicted molar refractivity (Wildman–Crippen MR) is 53.6 cm³/mol. The maximum atomic E-state index is 13.2. The molecule has 0 atom stereocenters. The Hall–Kier alpha value is -2.62. The summed E-state index contributed by atoms with van der Waals surface area (Å²) < 4.78 is 17.4. The molecule has 1 aromatic carbocycles. The van der Waals surface area contributed by atoms with Crippen molar-refractivity contribution in [3.8, 4) is 17.6 Å². The van der Waals surface area contributed by atoms with E-state index < -0.39 is 28.1 Å². The van der Waals surface area contributed by atoms with Crippen LogP contribution in [0.4, 0.5) is 10.1 Å². The lowest BCUT2D eigenvalue weighted by Crippen LogP contribution is -1.96. The summed E-state index contributed by atoms with van der Waals surface area (Å²) in [6.07, 6.45) is 0. The number of halogens is 1. The zero-order valence-corrected chi connectivity index (χ0v) is 8.56. The van der Waals surface area contributed by atoms with Crippen LogP contribution in [0.1, 0.15) is 5.56 Å². The molecule has 0 saturated carbocycles. The third kappa shape index (κ3) is 2.92. The van der Waals surface area contributed by atoms with Gasteiger partial charge in [0.05, 0.1) is 17.6 Å². The fourth-order valence-electron chi connectivity index (χ4n) is 0.963. The number of nitro benzene ring substituents is 1. The summed E-state index contributed by atoms with van der Waals surface area (Å²) in [6, 6.07) is 1.29. The van der Waals surface area contributed by atoms with Gasteiger partial charge in [-0.15, -0.1) is 0 Å². The number of hydrogen-bond donors (Lipinski definition) is 1. The van der Waals surface area contributed by atoms with Gasteiger partial charge in [0.1, 0.15) is 5.82 Å². The van der Waals surface area contributed by atoms with Gasteiger partial charge >= 0.3 is 11.7 Å². The molecule has 0 heterocycles. The highest BCUT2D eigenvalue weighted by atomic mass is 19.1. The third-order valence-electron chi connectivity index (χ3n) is 1.75. The average Bonchev–Trinajstić information content (AvgIpc) is 2.26. The van der Waals surface area contributed by atoms with Crippen molar-refractivity contribution < 1.29 is 24.0 Å². The lowest BCUT2D eigenvalue weighted by atomic mass is 10.2. The Labute approximate surface area is 94.8 Å². The number of phenols is 1. The quantitative estimate of drug-likeness (QED) is 0.341. The van der Waals surface area contributed by atoms with Crippen LogP contribution in [0.3, 0.4) is 0 Å². The number of rotatable bonds is 1. The monoisotopic (exact) mass is 239 g/mol. The summed E-state index contributed by atoms with van der Waals surface area (Å²) in [4.78, 5) is 20.3. The van der Waals surface area contributed by atoms with Crippen LogP contribution < -0.4 is 0 Å². The van der Waals surface area contributed by atoms with E-state index in [1.165, 1.54) is 0 Å². The second-order valence-electron chi connectivity index (χ2n) is 2.82. The molecular weight excluding hydrogens is 233 g/mol. The van der Waals surface area contributed by atoms with Crippen LogP contribution >= 0.6 is 0 Å². The second kappa shape index (κ2) is 4.94. The van der Waals surface area contributed by atoms with E-state index in [0.29, 0.717) is 6.07 Å². The number of esters is 1. The Morgan fingerprint density at radius 1 is 1.59 bits per heavy atom. The normalized spacial score (nSPS) is 9.06. The van der Waals surface area contributed by atoms with Gasteiger partial charge in [-0.05, 0) is 0 Å². The molecular formula is C10H6FNO5. The topological polar surface area (TPSA) is 89.7 Å². The molecule has 0 amide bonds. The largest absolute Gasteiger partial charge is 0.502 e. The van der Waals surface area contributed by atoms with Gasteiger partial charge < -0.3 is 9.84 Å². The Kier molecular flexibility index (Phi) is 3.62. The maximum Gasteiger partial charge on any atom is 0.384 e. The van der Waals surface area contributed by atoms with E-state index in [9.17, 15) is 19.3 Å². The predicted octanol–water partition coefficient (Wildman–Crippen LogP) is 0.964. The SMILES string of the molecule is COC(=O)C#Cc1cc([N+](=O)[O-])c(O)cc1F. The van der Waals surface area contributed by atoms with Crippen molar-refractivity contribution in [2.45, 2.75) is 0 Å². The molecule has 0 radical (unpaired) electrons. The summed E-state index contributed by atoms with van der Waals surface area (Å²) in [5, 5.41) is 19.6. The Morgan fingerprint density at radius 2 is 2.24 bits per heavy atom. The van der Waals surface area contributed by atoms with Crippen molar-refractivity contribution in [2.75, 3.05) is 7.11 Å². The number of benzene rings is 1. The van der Waals surface area contributed by atoms with Crippen LogP contribution in [0.5, 0.6) is 5.75 Å². The van der Waals surface area contributed by atoms with Gasteiger partial charge in [-0.25, -0.2) is 9.18 Å². The van der Waals surface area contributed by atoms with Crippen molar-refractivity contribution in [3.05, 3.63) is 33.6 Å². The lowest BCUT2D eigenvalue weighted by molar-refractivity contribution is -0.385. The van der Waals surface area contributed by atoms with Crippen LogP contribution in [-0.4, -0.2) is 23.1 Å². The molecule has 0 fully saturated rings. The van der Waals surface area contributed by atoms with E-state index >= 15 is 0 Å². The van der Waals surface area contributed by atoms with Crippen LogP contribution in [0.15, 0.2) is 12.1 Å². The molecule has 0 spiro atoms. The van der Waals surface area contributed by atoms with Gasteiger partial charge in [-0.2, -0.15) is 0 Å². The van der Waals surface area contributed by atoms with Crippen molar-refractivity contribution >= 4 is 11.7 Å². The lowest BCUT2D eigenvalue weighted by Gasteiger charge is -1.98. The van der Waals surface area contributed by atoms with Crippen molar-refractivity contribution in [1.29, 1.82) is 0 Å². The third-order valence-corrected chi connectivity index (χ3v) is 1.75. The number of phenolic OH excluding ortho intramolecular Hbond substituents is 1. The molecule has 1 N–H and O–H groups in total. The van der Waals surface area contributed by atoms with Crippen molar-refractivity contribution in [2.24, 2.45) is 0 Å². The van der Waals surface area contributed by atoms with E-state index in [-0.39, 0.29) is 5.56 Å². The first kappa shape index (κ1) is 12.4. The summed E-state index contributed by atoms with van der Waals surface area (Å²) >= 11 is 0. The van der Waals surface area contributed by atoms with Crippen LogP contribution in [0, 0.1) is 27.8 Å². The van der Waals surface area contributed by atoms with Crippen LogP contribution in [0.25, 0.3) is 0 Å². The average molecular weight is 239 g/mol. The molecule has 0 aliphatic carbocycles. The van der Waals surface area contributed by atoms with E-state index in [0.717, 1.165) is 13.2 Å². The highest BCUT2D eigenvalue weighted by Crippen LogP contribution is 2.28. The Bertz CT molecular complexity index is 544. The molecule has 88 valence electrons. The number of carbonyl (C=O) groups excluding carboxylic acids is 1.